The van der Waals surface area contributed by atoms with Gasteiger partial charge in [0.1, 0.15) is 0 Å². The van der Waals surface area contributed by atoms with Gasteiger partial charge in [0.05, 0.1) is 4.99 Å². The van der Waals surface area contributed by atoms with Gasteiger partial charge in [0.25, 0.3) is 0 Å². The van der Waals surface area contributed by atoms with Crippen LogP contribution in [0.2, 0.25) is 10.0 Å². The number of thiocarbonyl (C=S) groups is 1. The van der Waals surface area contributed by atoms with Crippen LogP contribution in [0.15, 0.2) is 18.2 Å². The second kappa shape index (κ2) is 4.69. The van der Waals surface area contributed by atoms with Crippen LogP contribution in [0.5, 0.6) is 0 Å². The molecule has 0 unspecified atom stereocenters. The van der Waals surface area contributed by atoms with Crippen LogP contribution in [0.25, 0.3) is 0 Å². The molecule has 0 aliphatic heterocycles. The smallest absolute Gasteiger partial charge is 0.0787 e. The summed E-state index contributed by atoms with van der Waals surface area (Å²) in [6, 6.07) is 5.46. The van der Waals surface area contributed by atoms with Crippen molar-refractivity contribution < 1.29 is 0 Å². The van der Waals surface area contributed by atoms with Crippen LogP contribution in [0, 0.1) is 5.41 Å². The summed E-state index contributed by atoms with van der Waals surface area (Å²) in [6.45, 7) is 3.96. The summed E-state index contributed by atoms with van der Waals surface area (Å²) in [5.41, 5.74) is 6.29. The minimum Gasteiger partial charge on any atom is -0.393 e. The van der Waals surface area contributed by atoms with Crippen molar-refractivity contribution in [2.45, 2.75) is 20.3 Å². The first-order valence-electron chi connectivity index (χ1n) is 4.57. The maximum absolute atomic E-state index is 6.07. The standard InChI is InChI=1S/C11H13Cl2NS/c1-11(2,10(14)15)6-7-8(12)4-3-5-9(7)13/h3-5H,6H2,1-2H3,(H2,14,15). The van der Waals surface area contributed by atoms with E-state index in [1.54, 1.807) is 0 Å². The van der Waals surface area contributed by atoms with Gasteiger partial charge in [-0.15, -0.1) is 0 Å². The van der Waals surface area contributed by atoms with Crippen LogP contribution in [0.3, 0.4) is 0 Å². The van der Waals surface area contributed by atoms with Gasteiger partial charge >= 0.3 is 0 Å². The van der Waals surface area contributed by atoms with Crippen LogP contribution >= 0.6 is 35.4 Å². The van der Waals surface area contributed by atoms with E-state index in [0.717, 1.165) is 5.56 Å². The molecule has 0 heterocycles. The quantitative estimate of drug-likeness (QED) is 0.837. The number of benzene rings is 1. The molecule has 4 heteroatoms. The number of rotatable bonds is 3. The first kappa shape index (κ1) is 12.8. The highest BCUT2D eigenvalue weighted by Gasteiger charge is 2.24. The Labute approximate surface area is 106 Å². The van der Waals surface area contributed by atoms with E-state index in [4.69, 9.17) is 41.2 Å². The van der Waals surface area contributed by atoms with E-state index in [0.29, 0.717) is 21.5 Å². The second-order valence-electron chi connectivity index (χ2n) is 4.13. The topological polar surface area (TPSA) is 26.0 Å². The summed E-state index contributed by atoms with van der Waals surface area (Å²) in [7, 11) is 0. The van der Waals surface area contributed by atoms with Crippen LogP contribution in [-0.2, 0) is 6.42 Å². The summed E-state index contributed by atoms with van der Waals surface area (Å²) in [5.74, 6) is 0. The average Bonchev–Trinajstić information content (AvgIpc) is 2.11. The van der Waals surface area contributed by atoms with E-state index < -0.39 is 0 Å². The van der Waals surface area contributed by atoms with Crippen molar-refractivity contribution in [2.24, 2.45) is 11.1 Å². The third kappa shape index (κ3) is 3.07. The van der Waals surface area contributed by atoms with Crippen molar-refractivity contribution in [1.82, 2.24) is 0 Å². The summed E-state index contributed by atoms with van der Waals surface area (Å²) in [4.78, 5) is 0.471. The molecule has 0 saturated carbocycles. The molecule has 15 heavy (non-hydrogen) atoms. The first-order chi connectivity index (χ1) is 6.84. The van der Waals surface area contributed by atoms with Crippen molar-refractivity contribution in [3.63, 3.8) is 0 Å². The summed E-state index contributed by atoms with van der Waals surface area (Å²) in [6.07, 6.45) is 0.654. The SMILES string of the molecule is CC(C)(Cc1c(Cl)cccc1Cl)C(N)=S. The predicted molar refractivity (Wildman–Crippen MR) is 70.7 cm³/mol. The predicted octanol–water partition coefficient (Wildman–Crippen LogP) is 3.85. The molecule has 82 valence electrons. The maximum atomic E-state index is 6.07. The van der Waals surface area contributed by atoms with Crippen LogP contribution in [-0.4, -0.2) is 4.99 Å². The Morgan fingerprint density at radius 1 is 1.33 bits per heavy atom. The fraction of sp³-hybridized carbons (Fsp3) is 0.364. The van der Waals surface area contributed by atoms with Gasteiger partial charge in [0.2, 0.25) is 0 Å². The molecule has 0 aromatic heterocycles. The molecule has 1 nitrogen and oxygen atoms in total. The number of nitrogens with two attached hydrogens (primary N) is 1. The fourth-order valence-electron chi connectivity index (χ4n) is 1.23. The van der Waals surface area contributed by atoms with Crippen LogP contribution in [0.4, 0.5) is 0 Å². The summed E-state index contributed by atoms with van der Waals surface area (Å²) in [5, 5.41) is 1.32. The molecule has 0 saturated heterocycles. The highest BCUT2D eigenvalue weighted by molar-refractivity contribution is 7.80. The third-order valence-corrected chi connectivity index (χ3v) is 3.61. The summed E-state index contributed by atoms with van der Waals surface area (Å²) < 4.78 is 0. The van der Waals surface area contributed by atoms with Gasteiger partial charge in [-0.3, -0.25) is 0 Å². The lowest BCUT2D eigenvalue weighted by Gasteiger charge is -2.24. The van der Waals surface area contributed by atoms with Gasteiger partial charge in [-0.2, -0.15) is 0 Å². The lowest BCUT2D eigenvalue weighted by Crippen LogP contribution is -2.31. The Hall–Kier alpha value is -0.310. The van der Waals surface area contributed by atoms with Crippen molar-refractivity contribution in [1.29, 1.82) is 0 Å². The normalized spacial score (nSPS) is 11.5. The van der Waals surface area contributed by atoms with E-state index in [-0.39, 0.29) is 5.41 Å². The zero-order valence-corrected chi connectivity index (χ0v) is 11.0. The Morgan fingerprint density at radius 3 is 2.20 bits per heavy atom. The molecule has 1 aromatic carbocycles. The minimum atomic E-state index is -0.274. The van der Waals surface area contributed by atoms with E-state index in [1.165, 1.54) is 0 Å². The molecule has 2 N–H and O–H groups in total. The highest BCUT2D eigenvalue weighted by atomic mass is 35.5. The molecule has 0 amide bonds. The second-order valence-corrected chi connectivity index (χ2v) is 5.38. The Balaban J connectivity index is 3.04. The van der Waals surface area contributed by atoms with Gasteiger partial charge in [-0.1, -0.05) is 55.3 Å². The van der Waals surface area contributed by atoms with E-state index >= 15 is 0 Å². The monoisotopic (exact) mass is 261 g/mol. The average molecular weight is 262 g/mol. The molecule has 1 aromatic rings. The molecule has 0 atom stereocenters. The number of halogens is 2. The number of hydrogen-bond donors (Lipinski definition) is 1. The van der Waals surface area contributed by atoms with E-state index in [1.807, 2.05) is 32.0 Å². The van der Waals surface area contributed by atoms with Crippen molar-refractivity contribution in [3.8, 4) is 0 Å². The first-order valence-corrected chi connectivity index (χ1v) is 5.74. The third-order valence-electron chi connectivity index (χ3n) is 2.35. The molecule has 0 spiro atoms. The fourth-order valence-corrected chi connectivity index (χ4v) is 1.83. The Bertz CT molecular complexity index is 368. The molecule has 1 rings (SSSR count). The van der Waals surface area contributed by atoms with Gasteiger partial charge < -0.3 is 5.73 Å². The van der Waals surface area contributed by atoms with Gasteiger partial charge in [-0.05, 0) is 24.1 Å². The molecule has 0 aliphatic rings. The lowest BCUT2D eigenvalue weighted by molar-refractivity contribution is 0.523. The molecular weight excluding hydrogens is 249 g/mol. The molecule has 0 aliphatic carbocycles. The Kier molecular flexibility index (Phi) is 3.99. The highest BCUT2D eigenvalue weighted by Crippen LogP contribution is 2.31. The van der Waals surface area contributed by atoms with Gasteiger partial charge in [0, 0.05) is 15.5 Å². The van der Waals surface area contributed by atoms with Crippen molar-refractivity contribution in [3.05, 3.63) is 33.8 Å². The molecule has 0 bridgehead atoms. The molecule has 0 radical (unpaired) electrons. The largest absolute Gasteiger partial charge is 0.393 e. The minimum absolute atomic E-state index is 0.274. The maximum Gasteiger partial charge on any atom is 0.0787 e. The zero-order chi connectivity index (χ0) is 11.6. The van der Waals surface area contributed by atoms with Crippen molar-refractivity contribution >= 4 is 40.4 Å². The Morgan fingerprint density at radius 2 is 1.80 bits per heavy atom. The van der Waals surface area contributed by atoms with Gasteiger partial charge in [-0.25, -0.2) is 0 Å². The lowest BCUT2D eigenvalue weighted by atomic mass is 9.86. The van der Waals surface area contributed by atoms with E-state index in [9.17, 15) is 0 Å². The van der Waals surface area contributed by atoms with Crippen LogP contribution in [0.1, 0.15) is 19.4 Å². The molecular formula is C11H13Cl2NS. The van der Waals surface area contributed by atoms with E-state index in [2.05, 4.69) is 0 Å². The van der Waals surface area contributed by atoms with Gasteiger partial charge in [0.15, 0.2) is 0 Å². The van der Waals surface area contributed by atoms with Crippen LogP contribution < -0.4 is 5.73 Å². The number of hydrogen-bond acceptors (Lipinski definition) is 1. The van der Waals surface area contributed by atoms with Crippen molar-refractivity contribution in [2.75, 3.05) is 0 Å². The zero-order valence-electron chi connectivity index (χ0n) is 8.68. The summed E-state index contributed by atoms with van der Waals surface area (Å²) >= 11 is 17.2. The molecule has 0 fully saturated rings.